The van der Waals surface area contributed by atoms with Crippen LogP contribution < -0.4 is 15.4 Å². The number of rotatable bonds is 8. The smallest absolute Gasteiger partial charge is 0.260 e. The molecule has 0 radical (unpaired) electrons. The fraction of sp³-hybridized carbons (Fsp3) is 0.538. The average Bonchev–Trinajstić information content (AvgIpc) is 3.38. The second-order valence-corrected chi connectivity index (χ2v) is 10.2. The Labute approximate surface area is 209 Å². The van der Waals surface area contributed by atoms with Crippen LogP contribution in [0.25, 0.3) is 11.4 Å². The first kappa shape index (κ1) is 26.1. The topological polar surface area (TPSA) is 96.5 Å². The summed E-state index contributed by atoms with van der Waals surface area (Å²) in [7, 11) is 0. The van der Waals surface area contributed by atoms with Crippen molar-refractivity contribution >= 4 is 11.8 Å². The number of halogens is 2. The van der Waals surface area contributed by atoms with E-state index in [2.05, 4.69) is 25.5 Å². The molecule has 2 fully saturated rings. The Bertz CT molecular complexity index is 1060. The molecule has 0 spiro atoms. The van der Waals surface area contributed by atoms with Crippen molar-refractivity contribution in [2.45, 2.75) is 51.2 Å². The van der Waals surface area contributed by atoms with Gasteiger partial charge in [-0.25, -0.2) is 18.7 Å². The van der Waals surface area contributed by atoms with E-state index in [1.807, 2.05) is 0 Å². The minimum absolute atomic E-state index is 0.217. The van der Waals surface area contributed by atoms with Crippen LogP contribution in [-0.4, -0.2) is 71.2 Å². The number of hydrogen-bond donors (Lipinski definition) is 2. The number of benzene rings is 1. The molecule has 1 atom stereocenters. The lowest BCUT2D eigenvalue weighted by Gasteiger charge is -2.34. The zero-order chi connectivity index (χ0) is 25.7. The Morgan fingerprint density at radius 2 is 1.92 bits per heavy atom. The Morgan fingerprint density at radius 1 is 1.19 bits per heavy atom. The number of amides is 2. The van der Waals surface area contributed by atoms with E-state index in [1.54, 1.807) is 19.9 Å². The maximum atomic E-state index is 14.6. The Morgan fingerprint density at radius 3 is 2.53 bits per heavy atom. The molecule has 1 aromatic carbocycles. The van der Waals surface area contributed by atoms with Crippen molar-refractivity contribution in [2.24, 2.45) is 5.92 Å². The predicted octanol–water partition coefficient (Wildman–Crippen LogP) is 3.13. The van der Waals surface area contributed by atoms with Gasteiger partial charge in [0.05, 0.1) is 30.6 Å². The summed E-state index contributed by atoms with van der Waals surface area (Å²) in [4.78, 5) is 35.1. The lowest BCUT2D eigenvalue weighted by Crippen LogP contribution is -2.43. The molecule has 194 valence electrons. The number of nitrogens with zero attached hydrogens (tertiary/aromatic N) is 3. The predicted molar refractivity (Wildman–Crippen MR) is 131 cm³/mol. The number of nitrogens with one attached hydrogen (secondary N) is 2. The molecule has 2 saturated heterocycles. The largest absolute Gasteiger partial charge is 0.490 e. The molecule has 0 bridgehead atoms. The molecule has 0 aliphatic carbocycles. The average molecular weight is 502 g/mol. The van der Waals surface area contributed by atoms with Gasteiger partial charge in [0.1, 0.15) is 11.5 Å². The third-order valence-electron chi connectivity index (χ3n) is 6.51. The first-order valence-corrected chi connectivity index (χ1v) is 12.4. The van der Waals surface area contributed by atoms with Crippen LogP contribution >= 0.6 is 0 Å². The molecule has 2 amide bonds. The van der Waals surface area contributed by atoms with Crippen LogP contribution in [0.3, 0.4) is 0 Å². The van der Waals surface area contributed by atoms with Crippen LogP contribution in [0.2, 0.25) is 0 Å². The lowest BCUT2D eigenvalue weighted by molar-refractivity contribution is -0.121. The number of piperidine rings is 1. The highest BCUT2D eigenvalue weighted by Crippen LogP contribution is 2.23. The van der Waals surface area contributed by atoms with E-state index < -0.39 is 29.3 Å². The number of ether oxygens (including phenoxy) is 1. The number of aromatic nitrogens is 2. The standard InChI is InChI=1S/C26H33F2N5O3/c1-26(2,28)16-33-10-7-17(8-11-33)15-36-19-13-30-23(31-14-19)18-5-6-20(21(27)12-18)24(34)32-25(35)22-4-3-9-29-22/h5-6,12-14,17,22,29H,3-4,7-11,15-16H2,1-2H3,(H,32,34,35)/t22-/m0/s1. The second-order valence-electron chi connectivity index (χ2n) is 10.2. The molecule has 0 saturated carbocycles. The van der Waals surface area contributed by atoms with Crippen molar-refractivity contribution in [2.75, 3.05) is 32.8 Å². The molecule has 2 N–H and O–H groups in total. The van der Waals surface area contributed by atoms with Gasteiger partial charge in [-0.05, 0) is 77.2 Å². The van der Waals surface area contributed by atoms with E-state index in [0.717, 1.165) is 38.9 Å². The number of carbonyl (C=O) groups is 2. The maximum Gasteiger partial charge on any atom is 0.260 e. The zero-order valence-electron chi connectivity index (χ0n) is 20.7. The summed E-state index contributed by atoms with van der Waals surface area (Å²) in [6.07, 6.45) is 6.46. The highest BCUT2D eigenvalue weighted by atomic mass is 19.1. The molecule has 2 aliphatic rings. The summed E-state index contributed by atoms with van der Waals surface area (Å²) >= 11 is 0. The van der Waals surface area contributed by atoms with Gasteiger partial charge in [0, 0.05) is 12.1 Å². The van der Waals surface area contributed by atoms with Gasteiger partial charge in [0.2, 0.25) is 5.91 Å². The summed E-state index contributed by atoms with van der Waals surface area (Å²) in [5.41, 5.74) is -1.00. The van der Waals surface area contributed by atoms with Crippen LogP contribution in [0.1, 0.15) is 49.9 Å². The van der Waals surface area contributed by atoms with Crippen LogP contribution in [0.15, 0.2) is 30.6 Å². The van der Waals surface area contributed by atoms with Crippen LogP contribution in [0.5, 0.6) is 5.75 Å². The molecule has 36 heavy (non-hydrogen) atoms. The highest BCUT2D eigenvalue weighted by molar-refractivity contribution is 6.06. The van der Waals surface area contributed by atoms with E-state index in [1.165, 1.54) is 24.5 Å². The van der Waals surface area contributed by atoms with Gasteiger partial charge in [0.15, 0.2) is 11.6 Å². The first-order chi connectivity index (χ1) is 17.2. The van der Waals surface area contributed by atoms with Gasteiger partial charge < -0.3 is 15.0 Å². The SMILES string of the molecule is CC(C)(F)CN1CCC(COc2cnc(-c3ccc(C(=O)NC(=O)[C@@H]4CCCN4)c(F)c3)nc2)CC1. The van der Waals surface area contributed by atoms with E-state index in [9.17, 15) is 18.4 Å². The van der Waals surface area contributed by atoms with E-state index >= 15 is 0 Å². The lowest BCUT2D eigenvalue weighted by atomic mass is 9.97. The maximum absolute atomic E-state index is 14.6. The fourth-order valence-corrected chi connectivity index (χ4v) is 4.61. The van der Waals surface area contributed by atoms with Crippen molar-refractivity contribution < 1.29 is 23.1 Å². The minimum atomic E-state index is -1.19. The molecule has 10 heteroatoms. The van der Waals surface area contributed by atoms with Crippen LogP contribution in [0.4, 0.5) is 8.78 Å². The fourth-order valence-electron chi connectivity index (χ4n) is 4.61. The quantitative estimate of drug-likeness (QED) is 0.537. The van der Waals surface area contributed by atoms with Gasteiger partial charge in [-0.15, -0.1) is 0 Å². The van der Waals surface area contributed by atoms with Gasteiger partial charge in [-0.1, -0.05) is 6.07 Å². The van der Waals surface area contributed by atoms with Crippen LogP contribution in [0, 0.1) is 11.7 Å². The number of alkyl halides is 1. The molecule has 1 aromatic heterocycles. The van der Waals surface area contributed by atoms with E-state index in [0.29, 0.717) is 42.6 Å². The number of likely N-dealkylation sites (tertiary alicyclic amines) is 1. The van der Waals surface area contributed by atoms with Crippen molar-refractivity contribution in [3.8, 4) is 17.1 Å². The summed E-state index contributed by atoms with van der Waals surface area (Å²) in [6.45, 7) is 6.59. The molecule has 4 rings (SSSR count). The van der Waals surface area contributed by atoms with Crippen LogP contribution in [-0.2, 0) is 4.79 Å². The number of carbonyl (C=O) groups excluding carboxylic acids is 2. The van der Waals surface area contributed by atoms with Gasteiger partial charge >= 0.3 is 0 Å². The van der Waals surface area contributed by atoms with Gasteiger partial charge in [0.25, 0.3) is 5.91 Å². The number of hydrogen-bond acceptors (Lipinski definition) is 7. The molecule has 3 heterocycles. The summed E-state index contributed by atoms with van der Waals surface area (Å²) < 4.78 is 34.3. The molecule has 2 aromatic rings. The summed E-state index contributed by atoms with van der Waals surface area (Å²) in [5, 5.41) is 5.25. The first-order valence-electron chi connectivity index (χ1n) is 12.4. The Kier molecular flexibility index (Phi) is 8.25. The third kappa shape index (κ3) is 7.04. The summed E-state index contributed by atoms with van der Waals surface area (Å²) in [5.74, 6) is -0.796. The van der Waals surface area contributed by atoms with Crippen molar-refractivity contribution in [1.29, 1.82) is 0 Å². The minimum Gasteiger partial charge on any atom is -0.490 e. The second kappa shape index (κ2) is 11.4. The Hall–Kier alpha value is -2.98. The van der Waals surface area contributed by atoms with E-state index in [-0.39, 0.29) is 5.56 Å². The normalized spacial score (nSPS) is 19.3. The molecule has 2 aliphatic heterocycles. The van der Waals surface area contributed by atoms with Crippen molar-refractivity contribution in [3.63, 3.8) is 0 Å². The van der Waals surface area contributed by atoms with E-state index in [4.69, 9.17) is 4.74 Å². The molecule has 0 unspecified atom stereocenters. The molecule has 8 nitrogen and oxygen atoms in total. The monoisotopic (exact) mass is 501 g/mol. The molecular weight excluding hydrogens is 468 g/mol. The third-order valence-corrected chi connectivity index (χ3v) is 6.51. The highest BCUT2D eigenvalue weighted by Gasteiger charge is 2.26. The summed E-state index contributed by atoms with van der Waals surface area (Å²) in [6, 6.07) is 3.61. The number of imide groups is 1. The molecular formula is C26H33F2N5O3. The zero-order valence-corrected chi connectivity index (χ0v) is 20.7. The van der Waals surface area contributed by atoms with Crippen molar-refractivity contribution in [1.82, 2.24) is 25.5 Å². The van der Waals surface area contributed by atoms with Crippen molar-refractivity contribution in [3.05, 3.63) is 42.0 Å². The Balaban J connectivity index is 1.28. The van der Waals surface area contributed by atoms with Gasteiger partial charge in [-0.2, -0.15) is 0 Å². The van der Waals surface area contributed by atoms with Gasteiger partial charge in [-0.3, -0.25) is 14.9 Å².